The Morgan fingerprint density at radius 1 is 1.26 bits per heavy atom. The molecule has 9 heteroatoms. The summed E-state index contributed by atoms with van der Waals surface area (Å²) in [5, 5.41) is 11.9. The lowest BCUT2D eigenvalue weighted by atomic mass is 9.86. The highest BCUT2D eigenvalue weighted by atomic mass is 16.6. The minimum Gasteiger partial charge on any atom is -0.458 e. The summed E-state index contributed by atoms with van der Waals surface area (Å²) < 4.78 is 12.1. The topological polar surface area (TPSA) is 134 Å². The molecule has 2 aliphatic heterocycles. The molecule has 5 rings (SSSR count). The second-order valence-corrected chi connectivity index (χ2v) is 8.57. The summed E-state index contributed by atoms with van der Waals surface area (Å²) in [6.45, 7) is 4.05. The van der Waals surface area contributed by atoms with E-state index in [0.717, 1.165) is 16.5 Å². The van der Waals surface area contributed by atoms with Gasteiger partial charge in [-0.1, -0.05) is 13.8 Å². The van der Waals surface area contributed by atoms with Crippen LogP contribution >= 0.6 is 0 Å². The van der Waals surface area contributed by atoms with Crippen molar-refractivity contribution in [2.75, 3.05) is 6.54 Å². The number of fused-ring (bicyclic) bond motifs is 5. The van der Waals surface area contributed by atoms with Gasteiger partial charge in [0.2, 0.25) is 0 Å². The van der Waals surface area contributed by atoms with Crippen LogP contribution in [0.25, 0.3) is 22.3 Å². The third-order valence-electron chi connectivity index (χ3n) is 6.71. The van der Waals surface area contributed by atoms with E-state index >= 15 is 0 Å². The summed E-state index contributed by atoms with van der Waals surface area (Å²) in [5.41, 5.74) is 7.65. The summed E-state index contributed by atoms with van der Waals surface area (Å²) in [6.07, 6.45) is 0.885. The van der Waals surface area contributed by atoms with Crippen LogP contribution in [0.4, 0.5) is 0 Å². The Balaban J connectivity index is 1.69. The van der Waals surface area contributed by atoms with Crippen LogP contribution in [0.3, 0.4) is 0 Å². The predicted octanol–water partition coefficient (Wildman–Crippen LogP) is 1.90. The second kappa shape index (κ2) is 8.03. The molecule has 0 unspecified atom stereocenters. The number of rotatable bonds is 5. The first-order valence-electron chi connectivity index (χ1n) is 11.4. The largest absolute Gasteiger partial charge is 0.458 e. The van der Waals surface area contributed by atoms with Crippen LogP contribution in [0.2, 0.25) is 0 Å². The van der Waals surface area contributed by atoms with Crippen LogP contribution in [0.5, 0.6) is 5.75 Å². The Hall–Kier alpha value is -3.56. The lowest BCUT2D eigenvalue weighted by Gasteiger charge is -2.31. The molecule has 0 spiro atoms. The highest BCUT2D eigenvalue weighted by molar-refractivity contribution is 5.90. The minimum atomic E-state index is -1.86. The fourth-order valence-electron chi connectivity index (χ4n) is 4.91. The summed E-state index contributed by atoms with van der Waals surface area (Å²) in [7, 11) is 0. The van der Waals surface area contributed by atoms with Gasteiger partial charge >= 0.3 is 11.9 Å². The van der Waals surface area contributed by atoms with Gasteiger partial charge < -0.3 is 24.9 Å². The highest BCUT2D eigenvalue weighted by Crippen LogP contribution is 2.40. The standard InChI is InChI=1S/C25H25N3O6/c1-3-14-15-9-13(34-21(29)7-8-26)5-6-19(15)27-22-16(14)11-28-20(22)10-18-17(23(28)30)12-33-24(31)25(18,32)4-2/h5-6,9-10,32H,3-4,7-8,11-12,26H2,1-2H3/t25-/m0/s1. The molecule has 4 heterocycles. The normalized spacial score (nSPS) is 18.3. The first kappa shape index (κ1) is 22.2. The number of nitrogens with two attached hydrogens (primary N) is 1. The molecule has 1 atom stereocenters. The van der Waals surface area contributed by atoms with Crippen molar-refractivity contribution >= 4 is 22.8 Å². The fraction of sp³-hybridized carbons (Fsp3) is 0.360. The lowest BCUT2D eigenvalue weighted by Crippen LogP contribution is -2.44. The number of benzene rings is 1. The van der Waals surface area contributed by atoms with Crippen LogP contribution in [0, 0.1) is 0 Å². The van der Waals surface area contributed by atoms with E-state index in [1.165, 1.54) is 0 Å². The zero-order chi connectivity index (χ0) is 24.2. The van der Waals surface area contributed by atoms with Gasteiger partial charge in [-0.2, -0.15) is 0 Å². The molecule has 0 bridgehead atoms. The predicted molar refractivity (Wildman–Crippen MR) is 123 cm³/mol. The number of pyridine rings is 2. The number of hydrogen-bond donors (Lipinski definition) is 2. The van der Waals surface area contributed by atoms with E-state index in [0.29, 0.717) is 35.6 Å². The van der Waals surface area contributed by atoms with Crippen molar-refractivity contribution in [2.24, 2.45) is 5.73 Å². The number of carbonyl (C=O) groups is 2. The van der Waals surface area contributed by atoms with Crippen molar-refractivity contribution < 1.29 is 24.2 Å². The summed E-state index contributed by atoms with van der Waals surface area (Å²) in [6, 6.07) is 6.94. The van der Waals surface area contributed by atoms with E-state index in [1.807, 2.05) is 6.92 Å². The number of hydrogen-bond acceptors (Lipinski definition) is 8. The summed E-state index contributed by atoms with van der Waals surface area (Å²) in [4.78, 5) is 42.5. The molecule has 0 amide bonds. The first-order valence-corrected chi connectivity index (χ1v) is 11.4. The lowest BCUT2D eigenvalue weighted by molar-refractivity contribution is -0.172. The molecule has 1 aromatic carbocycles. The summed E-state index contributed by atoms with van der Waals surface area (Å²) >= 11 is 0. The zero-order valence-corrected chi connectivity index (χ0v) is 19.0. The highest BCUT2D eigenvalue weighted by Gasteiger charge is 2.45. The van der Waals surface area contributed by atoms with Crippen molar-refractivity contribution in [3.05, 3.63) is 56.9 Å². The van der Waals surface area contributed by atoms with E-state index in [1.54, 1.807) is 35.8 Å². The van der Waals surface area contributed by atoms with Crippen LogP contribution in [-0.2, 0) is 39.5 Å². The van der Waals surface area contributed by atoms with Gasteiger partial charge in [0.15, 0.2) is 5.60 Å². The van der Waals surface area contributed by atoms with Crippen LogP contribution in [0.15, 0.2) is 29.1 Å². The number of cyclic esters (lactones) is 1. The number of ether oxygens (including phenoxy) is 2. The Labute approximate surface area is 195 Å². The Morgan fingerprint density at radius 2 is 2.06 bits per heavy atom. The molecule has 2 aliphatic rings. The second-order valence-electron chi connectivity index (χ2n) is 8.57. The van der Waals surface area contributed by atoms with E-state index in [2.05, 4.69) is 0 Å². The molecule has 34 heavy (non-hydrogen) atoms. The Morgan fingerprint density at radius 3 is 2.76 bits per heavy atom. The van der Waals surface area contributed by atoms with Gasteiger partial charge in [0.25, 0.3) is 5.56 Å². The van der Waals surface area contributed by atoms with Gasteiger partial charge in [-0.05, 0) is 42.7 Å². The molecule has 0 saturated carbocycles. The van der Waals surface area contributed by atoms with E-state index in [-0.39, 0.29) is 42.7 Å². The van der Waals surface area contributed by atoms with Crippen molar-refractivity contribution in [2.45, 2.75) is 51.9 Å². The van der Waals surface area contributed by atoms with Gasteiger partial charge in [0.05, 0.1) is 35.4 Å². The number of carbonyl (C=O) groups excluding carboxylic acids is 2. The minimum absolute atomic E-state index is 0.0889. The third kappa shape index (κ3) is 3.15. The number of esters is 2. The zero-order valence-electron chi connectivity index (χ0n) is 19.0. The Bertz CT molecular complexity index is 1430. The molecule has 0 radical (unpaired) electrons. The fourth-order valence-corrected chi connectivity index (χ4v) is 4.91. The molecule has 0 fully saturated rings. The van der Waals surface area contributed by atoms with Crippen molar-refractivity contribution in [3.63, 3.8) is 0 Å². The SMILES string of the molecule is CCc1c2c(nc3ccc(OC(=O)CCN)cc13)-c1cc3c(c(=O)n1C2)COC(=O)[C@]3(O)CC. The van der Waals surface area contributed by atoms with Crippen molar-refractivity contribution in [3.8, 4) is 17.1 Å². The average molecular weight is 463 g/mol. The average Bonchev–Trinajstić information content (AvgIpc) is 3.19. The van der Waals surface area contributed by atoms with Crippen LogP contribution in [0.1, 0.15) is 48.9 Å². The van der Waals surface area contributed by atoms with Gasteiger partial charge in [0, 0.05) is 23.1 Å². The number of aryl methyl sites for hydroxylation is 1. The molecule has 3 aromatic rings. The number of aliphatic hydroxyl groups is 1. The van der Waals surface area contributed by atoms with E-state index in [4.69, 9.17) is 20.2 Å². The molecule has 2 aromatic heterocycles. The van der Waals surface area contributed by atoms with Gasteiger partial charge in [-0.3, -0.25) is 9.59 Å². The maximum Gasteiger partial charge on any atom is 0.343 e. The molecular formula is C25H25N3O6. The maximum atomic E-state index is 13.4. The van der Waals surface area contributed by atoms with Crippen LogP contribution in [-0.4, -0.2) is 33.1 Å². The molecule has 3 N–H and O–H groups in total. The maximum absolute atomic E-state index is 13.4. The third-order valence-corrected chi connectivity index (χ3v) is 6.71. The smallest absolute Gasteiger partial charge is 0.343 e. The van der Waals surface area contributed by atoms with Crippen LogP contribution < -0.4 is 16.0 Å². The monoisotopic (exact) mass is 463 g/mol. The van der Waals surface area contributed by atoms with Gasteiger partial charge in [-0.15, -0.1) is 0 Å². The number of aromatic nitrogens is 2. The van der Waals surface area contributed by atoms with E-state index < -0.39 is 17.5 Å². The van der Waals surface area contributed by atoms with Crippen molar-refractivity contribution in [1.29, 1.82) is 0 Å². The molecule has 0 aliphatic carbocycles. The quantitative estimate of drug-likeness (QED) is 0.339. The van der Waals surface area contributed by atoms with Gasteiger partial charge in [0.1, 0.15) is 12.4 Å². The van der Waals surface area contributed by atoms with E-state index in [9.17, 15) is 19.5 Å². The molecular weight excluding hydrogens is 438 g/mol. The molecule has 176 valence electrons. The van der Waals surface area contributed by atoms with Gasteiger partial charge in [-0.25, -0.2) is 9.78 Å². The number of nitrogens with zero attached hydrogens (tertiary/aromatic N) is 2. The molecule has 0 saturated heterocycles. The van der Waals surface area contributed by atoms with Crippen molar-refractivity contribution in [1.82, 2.24) is 9.55 Å². The first-order chi connectivity index (χ1) is 16.3. The summed E-state index contributed by atoms with van der Waals surface area (Å²) in [5.74, 6) is -0.740. The molecule has 9 nitrogen and oxygen atoms in total. The Kier molecular flexibility index (Phi) is 5.26.